The van der Waals surface area contributed by atoms with Crippen LogP contribution in [0.5, 0.6) is 11.8 Å². The third-order valence-electron chi connectivity index (χ3n) is 7.22. The molecular weight excluding hydrogens is 599 g/mol. The lowest BCUT2D eigenvalue weighted by Gasteiger charge is -2.09. The maximum absolute atomic E-state index is 5.97. The standard InChI is InChI=1S/2C16H17ClN4O/c1-9(2)12-8-13-11(5-6-15(22-4)21(13)20-12)16-10(3)7-14(17)18-19-16;1-9(2)12-8-14-11(5-6-15(22-4)21(14)20-12)13-7-10(3)16(17)19-18-13/h2*5-9H,1-4H3. The molecule has 6 rings (SSSR count). The summed E-state index contributed by atoms with van der Waals surface area (Å²) in [7, 11) is 3.27. The third kappa shape index (κ3) is 6.05. The van der Waals surface area contributed by atoms with E-state index >= 15 is 0 Å². The summed E-state index contributed by atoms with van der Waals surface area (Å²) < 4.78 is 14.4. The zero-order valence-electron chi connectivity index (χ0n) is 25.9. The van der Waals surface area contributed by atoms with Crippen molar-refractivity contribution < 1.29 is 9.47 Å². The Bertz CT molecular complexity index is 1970. The van der Waals surface area contributed by atoms with Crippen molar-refractivity contribution >= 4 is 34.2 Å². The van der Waals surface area contributed by atoms with E-state index in [0.29, 0.717) is 33.9 Å². The molecule has 0 saturated heterocycles. The Hall–Kier alpha value is -4.28. The molecule has 10 nitrogen and oxygen atoms in total. The Labute approximate surface area is 266 Å². The zero-order chi connectivity index (χ0) is 31.7. The smallest absolute Gasteiger partial charge is 0.214 e. The van der Waals surface area contributed by atoms with Crippen molar-refractivity contribution in [3.05, 3.63) is 81.4 Å². The molecule has 0 spiro atoms. The first-order valence-electron chi connectivity index (χ1n) is 14.2. The van der Waals surface area contributed by atoms with Gasteiger partial charge >= 0.3 is 0 Å². The van der Waals surface area contributed by atoms with Crippen LogP contribution in [0, 0.1) is 13.8 Å². The number of aryl methyl sites for hydroxylation is 2. The van der Waals surface area contributed by atoms with Gasteiger partial charge in [-0.3, -0.25) is 0 Å². The maximum atomic E-state index is 5.97. The first-order valence-corrected chi connectivity index (χ1v) is 14.9. The number of aromatic nitrogens is 8. The van der Waals surface area contributed by atoms with Gasteiger partial charge in [0.05, 0.1) is 48.0 Å². The van der Waals surface area contributed by atoms with E-state index < -0.39 is 0 Å². The summed E-state index contributed by atoms with van der Waals surface area (Å²) in [6, 6.07) is 15.6. The fourth-order valence-corrected chi connectivity index (χ4v) is 5.04. The number of ether oxygens (including phenoxy) is 2. The van der Waals surface area contributed by atoms with E-state index in [9.17, 15) is 0 Å². The van der Waals surface area contributed by atoms with Gasteiger partial charge in [-0.05, 0) is 73.2 Å². The Morgan fingerprint density at radius 2 is 1.18 bits per heavy atom. The van der Waals surface area contributed by atoms with E-state index in [1.165, 1.54) is 0 Å². The number of fused-ring (bicyclic) bond motifs is 2. The van der Waals surface area contributed by atoms with Crippen LogP contribution in [0.1, 0.15) is 62.0 Å². The molecule has 6 aromatic rings. The fourth-order valence-electron chi connectivity index (χ4n) is 4.75. The van der Waals surface area contributed by atoms with Crippen molar-refractivity contribution in [2.45, 2.75) is 53.4 Å². The van der Waals surface area contributed by atoms with Gasteiger partial charge in [0.1, 0.15) is 0 Å². The second kappa shape index (κ2) is 12.8. The van der Waals surface area contributed by atoms with E-state index in [2.05, 4.69) is 70.4 Å². The van der Waals surface area contributed by atoms with Gasteiger partial charge in [-0.15, -0.1) is 20.4 Å². The topological polar surface area (TPSA) is 105 Å². The Balaban J connectivity index is 0.000000175. The number of hydrogen-bond donors (Lipinski definition) is 0. The van der Waals surface area contributed by atoms with Crippen LogP contribution in [-0.4, -0.2) is 53.8 Å². The maximum Gasteiger partial charge on any atom is 0.214 e. The van der Waals surface area contributed by atoms with Crippen LogP contribution in [0.2, 0.25) is 10.3 Å². The second-order valence-corrected chi connectivity index (χ2v) is 11.8. The first-order chi connectivity index (χ1) is 21.0. The van der Waals surface area contributed by atoms with Crippen LogP contribution >= 0.6 is 23.2 Å². The van der Waals surface area contributed by atoms with Crippen molar-refractivity contribution in [1.29, 1.82) is 0 Å². The van der Waals surface area contributed by atoms with E-state index in [4.69, 9.17) is 32.7 Å². The Kier molecular flexibility index (Phi) is 9.03. The number of methoxy groups -OCH3 is 2. The summed E-state index contributed by atoms with van der Waals surface area (Å²) in [6.45, 7) is 12.3. The highest BCUT2D eigenvalue weighted by Gasteiger charge is 2.17. The highest BCUT2D eigenvalue weighted by molar-refractivity contribution is 6.30. The van der Waals surface area contributed by atoms with Crippen molar-refractivity contribution in [3.8, 4) is 34.3 Å². The molecule has 0 saturated carbocycles. The predicted molar refractivity (Wildman–Crippen MR) is 173 cm³/mol. The van der Waals surface area contributed by atoms with Crippen LogP contribution in [0.15, 0.2) is 48.5 Å². The Morgan fingerprint density at radius 3 is 1.68 bits per heavy atom. The molecule has 6 heterocycles. The van der Waals surface area contributed by atoms with E-state index in [1.54, 1.807) is 23.3 Å². The van der Waals surface area contributed by atoms with Crippen LogP contribution in [-0.2, 0) is 0 Å². The van der Waals surface area contributed by atoms with Gasteiger partial charge in [0, 0.05) is 23.3 Å². The van der Waals surface area contributed by atoms with Crippen molar-refractivity contribution in [2.75, 3.05) is 14.2 Å². The molecule has 0 aromatic carbocycles. The average molecular weight is 634 g/mol. The molecule has 6 aromatic heterocycles. The molecule has 0 fully saturated rings. The van der Waals surface area contributed by atoms with Gasteiger partial charge in [-0.1, -0.05) is 50.9 Å². The fraction of sp³-hybridized carbons (Fsp3) is 0.312. The molecule has 0 aliphatic carbocycles. The van der Waals surface area contributed by atoms with Crippen LogP contribution in [0.3, 0.4) is 0 Å². The second-order valence-electron chi connectivity index (χ2n) is 11.0. The van der Waals surface area contributed by atoms with Crippen LogP contribution < -0.4 is 9.47 Å². The van der Waals surface area contributed by atoms with Gasteiger partial charge in [0.15, 0.2) is 10.3 Å². The molecule has 0 unspecified atom stereocenters. The number of rotatable bonds is 6. The Morgan fingerprint density at radius 1 is 0.636 bits per heavy atom. The minimum Gasteiger partial charge on any atom is -0.481 e. The molecule has 228 valence electrons. The highest BCUT2D eigenvalue weighted by atomic mass is 35.5. The van der Waals surface area contributed by atoms with Crippen molar-refractivity contribution in [3.63, 3.8) is 0 Å². The summed E-state index contributed by atoms with van der Waals surface area (Å²) in [5, 5.41) is 26.5. The number of hydrogen-bond acceptors (Lipinski definition) is 8. The largest absolute Gasteiger partial charge is 0.481 e. The van der Waals surface area contributed by atoms with E-state index in [-0.39, 0.29) is 0 Å². The lowest BCUT2D eigenvalue weighted by Crippen LogP contribution is -1.99. The number of nitrogens with zero attached hydrogens (tertiary/aromatic N) is 8. The van der Waals surface area contributed by atoms with Crippen LogP contribution in [0.4, 0.5) is 0 Å². The van der Waals surface area contributed by atoms with E-state index in [0.717, 1.165) is 56.1 Å². The first kappa shape index (κ1) is 31.2. The number of halogens is 2. The van der Waals surface area contributed by atoms with Crippen LogP contribution in [0.25, 0.3) is 33.5 Å². The molecule has 12 heteroatoms. The molecule has 0 N–H and O–H groups in total. The summed E-state index contributed by atoms with van der Waals surface area (Å²) in [4.78, 5) is 0. The zero-order valence-corrected chi connectivity index (χ0v) is 27.4. The summed E-state index contributed by atoms with van der Waals surface area (Å²) >= 11 is 11.9. The predicted octanol–water partition coefficient (Wildman–Crippen LogP) is 7.77. The monoisotopic (exact) mass is 632 g/mol. The molecular formula is C32H34Cl2N8O2. The summed E-state index contributed by atoms with van der Waals surface area (Å²) in [6.07, 6.45) is 0. The van der Waals surface area contributed by atoms with Crippen molar-refractivity contribution in [1.82, 2.24) is 39.6 Å². The van der Waals surface area contributed by atoms with Gasteiger partial charge in [0.2, 0.25) is 11.8 Å². The molecule has 0 aliphatic rings. The van der Waals surface area contributed by atoms with E-state index in [1.807, 2.05) is 50.2 Å². The molecule has 0 aliphatic heterocycles. The summed E-state index contributed by atoms with van der Waals surface area (Å²) in [5.74, 6) is 2.03. The molecule has 0 atom stereocenters. The molecule has 0 radical (unpaired) electrons. The van der Waals surface area contributed by atoms with Crippen molar-refractivity contribution in [2.24, 2.45) is 0 Å². The minimum atomic E-state index is 0.329. The lowest BCUT2D eigenvalue weighted by atomic mass is 10.1. The van der Waals surface area contributed by atoms with Gasteiger partial charge in [0.25, 0.3) is 0 Å². The van der Waals surface area contributed by atoms with Gasteiger partial charge < -0.3 is 9.47 Å². The SMILES string of the molecule is COc1ccc(-c2cc(C)c(Cl)nn2)c2cc(C(C)C)nn12.COc1ccc(-c2nnc(Cl)cc2C)c2cc(C(C)C)nn12. The summed E-state index contributed by atoms with van der Waals surface area (Å²) in [5.41, 5.74) is 9.24. The quantitative estimate of drug-likeness (QED) is 0.183. The average Bonchev–Trinajstić information content (AvgIpc) is 3.65. The molecule has 0 bridgehead atoms. The van der Waals surface area contributed by atoms with Gasteiger partial charge in [-0.2, -0.15) is 10.2 Å². The molecule has 0 amide bonds. The highest BCUT2D eigenvalue weighted by Crippen LogP contribution is 2.32. The third-order valence-corrected chi connectivity index (χ3v) is 7.78. The lowest BCUT2D eigenvalue weighted by molar-refractivity contribution is 0.385. The number of pyridine rings is 2. The molecule has 44 heavy (non-hydrogen) atoms. The minimum absolute atomic E-state index is 0.329. The van der Waals surface area contributed by atoms with Gasteiger partial charge in [-0.25, -0.2) is 9.03 Å². The normalized spacial score (nSPS) is 11.4.